The van der Waals surface area contributed by atoms with Crippen LogP contribution in [0.2, 0.25) is 0 Å². The van der Waals surface area contributed by atoms with Gasteiger partial charge in [0.2, 0.25) is 5.09 Å². The number of rotatable bonds is 4. The molecule has 2 rings (SSSR count). The van der Waals surface area contributed by atoms with E-state index in [2.05, 4.69) is 25.6 Å². The van der Waals surface area contributed by atoms with Gasteiger partial charge >= 0.3 is 0 Å². The molecule has 0 aliphatic rings. The van der Waals surface area contributed by atoms with Crippen molar-refractivity contribution < 1.29 is 17.9 Å². The van der Waals surface area contributed by atoms with Crippen molar-refractivity contribution in [3.8, 4) is 0 Å². The molecule has 0 aromatic carbocycles. The lowest BCUT2D eigenvalue weighted by atomic mass is 10.3. The number of hydrogen-bond donors (Lipinski definition) is 2. The summed E-state index contributed by atoms with van der Waals surface area (Å²) in [6.07, 6.45) is 1.49. The van der Waals surface area contributed by atoms with Crippen LogP contribution >= 0.6 is 15.9 Å². The zero-order valence-corrected chi connectivity index (χ0v) is 12.3. The van der Waals surface area contributed by atoms with Crippen molar-refractivity contribution in [2.24, 2.45) is 0 Å². The van der Waals surface area contributed by atoms with Gasteiger partial charge < -0.3 is 9.52 Å². The van der Waals surface area contributed by atoms with Crippen LogP contribution in [0.15, 0.2) is 38.4 Å². The third-order valence-corrected chi connectivity index (χ3v) is 3.98. The van der Waals surface area contributed by atoms with Crippen LogP contribution in [0.3, 0.4) is 0 Å². The molecular weight excluding hydrogens is 336 g/mol. The van der Waals surface area contributed by atoms with Gasteiger partial charge in [-0.3, -0.25) is 4.72 Å². The van der Waals surface area contributed by atoms with Crippen molar-refractivity contribution in [1.29, 1.82) is 0 Å². The topological polar surface area (TPSA) is 92.4 Å². The minimum absolute atomic E-state index is 0.181. The molecule has 0 spiro atoms. The van der Waals surface area contributed by atoms with Crippen molar-refractivity contribution in [3.63, 3.8) is 0 Å². The molecular formula is C11H11BrN2O4S. The number of aliphatic hydroxyl groups is 1. The Morgan fingerprint density at radius 2 is 2.21 bits per heavy atom. The molecule has 0 aliphatic carbocycles. The minimum Gasteiger partial charge on any atom is -0.445 e. The van der Waals surface area contributed by atoms with Gasteiger partial charge in [0.1, 0.15) is 18.2 Å². The van der Waals surface area contributed by atoms with Gasteiger partial charge in [0.05, 0.1) is 0 Å². The summed E-state index contributed by atoms with van der Waals surface area (Å²) in [5.74, 6) is 0.408. The molecule has 0 unspecified atom stereocenters. The van der Waals surface area contributed by atoms with E-state index >= 15 is 0 Å². The highest BCUT2D eigenvalue weighted by Gasteiger charge is 2.20. The maximum atomic E-state index is 12.0. The molecule has 2 aromatic heterocycles. The molecule has 0 atom stereocenters. The SMILES string of the molecule is Cc1cc(Br)cnc1NS(=O)(=O)c1ccc(CO)o1. The Morgan fingerprint density at radius 3 is 2.79 bits per heavy atom. The standard InChI is InChI=1S/C11H11BrN2O4S/c1-7-4-8(12)5-13-11(7)14-19(16,17)10-3-2-9(6-15)18-10/h2-5,15H,6H2,1H3,(H,13,14). The van der Waals surface area contributed by atoms with E-state index in [0.29, 0.717) is 5.56 Å². The number of aliphatic hydroxyl groups excluding tert-OH is 1. The summed E-state index contributed by atoms with van der Waals surface area (Å²) in [5, 5.41) is 8.59. The van der Waals surface area contributed by atoms with Crippen LogP contribution in [-0.4, -0.2) is 18.5 Å². The summed E-state index contributed by atoms with van der Waals surface area (Å²) < 4.78 is 32.1. The van der Waals surface area contributed by atoms with Gasteiger partial charge in [0, 0.05) is 10.7 Å². The number of nitrogens with zero attached hydrogens (tertiary/aromatic N) is 1. The highest BCUT2D eigenvalue weighted by atomic mass is 79.9. The zero-order valence-electron chi connectivity index (χ0n) is 9.92. The Bertz CT molecular complexity index is 696. The molecule has 19 heavy (non-hydrogen) atoms. The first-order valence-electron chi connectivity index (χ1n) is 5.27. The molecule has 0 aliphatic heterocycles. The third-order valence-electron chi connectivity index (χ3n) is 2.33. The van der Waals surface area contributed by atoms with Crippen LogP contribution in [-0.2, 0) is 16.6 Å². The van der Waals surface area contributed by atoms with Crippen LogP contribution in [0.5, 0.6) is 0 Å². The average Bonchev–Trinajstić information content (AvgIpc) is 2.82. The van der Waals surface area contributed by atoms with Crippen molar-refractivity contribution in [1.82, 2.24) is 4.98 Å². The van der Waals surface area contributed by atoms with Gasteiger partial charge in [-0.2, -0.15) is 8.42 Å². The highest BCUT2D eigenvalue weighted by molar-refractivity contribution is 9.10. The van der Waals surface area contributed by atoms with Crippen LogP contribution < -0.4 is 4.72 Å². The van der Waals surface area contributed by atoms with Gasteiger partial charge in [-0.25, -0.2) is 4.98 Å². The van der Waals surface area contributed by atoms with Gasteiger partial charge in [0.25, 0.3) is 10.0 Å². The molecule has 0 bridgehead atoms. The summed E-state index contributed by atoms with van der Waals surface area (Å²) in [6, 6.07) is 4.42. The second-order valence-electron chi connectivity index (χ2n) is 3.80. The number of halogens is 1. The minimum atomic E-state index is -3.84. The molecule has 2 N–H and O–H groups in total. The molecule has 0 fully saturated rings. The monoisotopic (exact) mass is 346 g/mol. The van der Waals surface area contributed by atoms with E-state index in [-0.39, 0.29) is 23.3 Å². The summed E-state index contributed by atoms with van der Waals surface area (Å²) in [6.45, 7) is 1.38. The Balaban J connectivity index is 2.30. The van der Waals surface area contributed by atoms with Crippen molar-refractivity contribution in [3.05, 3.63) is 40.2 Å². The number of nitrogens with one attached hydrogen (secondary N) is 1. The number of anilines is 1. The number of aryl methyl sites for hydroxylation is 1. The highest BCUT2D eigenvalue weighted by Crippen LogP contribution is 2.21. The molecule has 0 saturated carbocycles. The summed E-state index contributed by atoms with van der Waals surface area (Å²) in [7, 11) is -3.84. The Kier molecular flexibility index (Phi) is 3.93. The second-order valence-corrected chi connectivity index (χ2v) is 6.33. The van der Waals surface area contributed by atoms with Crippen LogP contribution in [0.1, 0.15) is 11.3 Å². The van der Waals surface area contributed by atoms with Gasteiger partial charge in [-0.1, -0.05) is 0 Å². The van der Waals surface area contributed by atoms with Gasteiger partial charge in [-0.05, 0) is 46.6 Å². The van der Waals surface area contributed by atoms with Crippen LogP contribution in [0.4, 0.5) is 5.82 Å². The fraction of sp³-hybridized carbons (Fsp3) is 0.182. The smallest absolute Gasteiger partial charge is 0.296 e. The van der Waals surface area contributed by atoms with Crippen LogP contribution in [0, 0.1) is 6.92 Å². The van der Waals surface area contributed by atoms with Gasteiger partial charge in [0.15, 0.2) is 0 Å². The molecule has 0 amide bonds. The average molecular weight is 347 g/mol. The molecule has 8 heteroatoms. The second kappa shape index (κ2) is 5.32. The van der Waals surface area contributed by atoms with Crippen LogP contribution in [0.25, 0.3) is 0 Å². The largest absolute Gasteiger partial charge is 0.445 e. The van der Waals surface area contributed by atoms with E-state index < -0.39 is 10.0 Å². The number of hydrogen-bond acceptors (Lipinski definition) is 5. The lowest BCUT2D eigenvalue weighted by molar-refractivity contribution is 0.236. The van der Waals surface area contributed by atoms with E-state index in [0.717, 1.165) is 4.47 Å². The van der Waals surface area contributed by atoms with Gasteiger partial charge in [-0.15, -0.1) is 0 Å². The number of furan rings is 1. The van der Waals surface area contributed by atoms with Crippen molar-refractivity contribution in [2.75, 3.05) is 4.72 Å². The molecule has 0 radical (unpaired) electrons. The molecule has 2 aromatic rings. The third kappa shape index (κ3) is 3.14. The lowest BCUT2D eigenvalue weighted by Gasteiger charge is -2.07. The first-order chi connectivity index (χ1) is 8.92. The van der Waals surface area contributed by atoms with Crippen molar-refractivity contribution in [2.45, 2.75) is 18.6 Å². The van der Waals surface area contributed by atoms with E-state index in [1.165, 1.54) is 18.3 Å². The Hall–Kier alpha value is -1.38. The maximum Gasteiger partial charge on any atom is 0.296 e. The Morgan fingerprint density at radius 1 is 1.47 bits per heavy atom. The molecule has 102 valence electrons. The fourth-order valence-corrected chi connectivity index (χ4v) is 2.89. The maximum absolute atomic E-state index is 12.0. The zero-order chi connectivity index (χ0) is 14.0. The molecule has 0 saturated heterocycles. The molecule has 6 nitrogen and oxygen atoms in total. The van der Waals surface area contributed by atoms with E-state index in [9.17, 15) is 8.42 Å². The normalized spacial score (nSPS) is 11.5. The number of aromatic nitrogens is 1. The Labute approximate surface area is 118 Å². The lowest BCUT2D eigenvalue weighted by Crippen LogP contribution is -2.14. The number of sulfonamides is 1. The summed E-state index contributed by atoms with van der Waals surface area (Å²) in [4.78, 5) is 3.99. The fourth-order valence-electron chi connectivity index (χ4n) is 1.41. The van der Waals surface area contributed by atoms with E-state index in [1.807, 2.05) is 0 Å². The summed E-state index contributed by atoms with van der Waals surface area (Å²) >= 11 is 3.25. The van der Waals surface area contributed by atoms with E-state index in [1.54, 1.807) is 13.0 Å². The first kappa shape index (κ1) is 14.0. The van der Waals surface area contributed by atoms with E-state index in [4.69, 9.17) is 9.52 Å². The van der Waals surface area contributed by atoms with Crippen molar-refractivity contribution >= 4 is 31.8 Å². The first-order valence-corrected chi connectivity index (χ1v) is 7.54. The quantitative estimate of drug-likeness (QED) is 0.883. The predicted octanol–water partition coefficient (Wildman–Crippen LogP) is 2.04. The number of pyridine rings is 1. The molecule has 2 heterocycles. The predicted molar refractivity (Wildman–Crippen MR) is 72.1 cm³/mol. The summed E-state index contributed by atoms with van der Waals surface area (Å²) in [5.41, 5.74) is 0.673.